The highest BCUT2D eigenvalue weighted by Gasteiger charge is 2.23. The van der Waals surface area contributed by atoms with Gasteiger partial charge in [-0.25, -0.2) is 0 Å². The van der Waals surface area contributed by atoms with Crippen LogP contribution in [0.5, 0.6) is 0 Å². The Morgan fingerprint density at radius 1 is 1.04 bits per heavy atom. The van der Waals surface area contributed by atoms with Crippen LogP contribution in [-0.4, -0.2) is 67.4 Å². The van der Waals surface area contributed by atoms with E-state index >= 15 is 0 Å². The Hall–Kier alpha value is -2.18. The Balaban J connectivity index is 1.76. The smallest absolute Gasteiger partial charge is 0.234 e. The third-order valence-electron chi connectivity index (χ3n) is 4.78. The van der Waals surface area contributed by atoms with Crippen molar-refractivity contribution in [3.05, 3.63) is 48.6 Å². The van der Waals surface area contributed by atoms with Gasteiger partial charge in [0.2, 0.25) is 11.8 Å². The van der Waals surface area contributed by atoms with E-state index in [0.717, 1.165) is 31.7 Å². The van der Waals surface area contributed by atoms with Gasteiger partial charge in [-0.15, -0.1) is 6.58 Å². The molecule has 1 aliphatic heterocycles. The first-order valence-corrected chi connectivity index (χ1v) is 9.66. The number of hydrogen-bond donors (Lipinski definition) is 2. The average molecular weight is 373 g/mol. The van der Waals surface area contributed by atoms with Crippen molar-refractivity contribution in [2.45, 2.75) is 19.9 Å². The van der Waals surface area contributed by atoms with E-state index in [1.54, 1.807) is 6.08 Å². The normalized spacial score (nSPS) is 16.7. The molecule has 0 aromatic heterocycles. The SMILES string of the molecule is C=CCNC(=O)CN1CCN(CC(=O)NC(c2ccccc2)C(C)C)CC1. The van der Waals surface area contributed by atoms with Crippen LogP contribution in [0.4, 0.5) is 0 Å². The Morgan fingerprint density at radius 2 is 1.59 bits per heavy atom. The fraction of sp³-hybridized carbons (Fsp3) is 0.524. The van der Waals surface area contributed by atoms with Crippen LogP contribution in [0, 0.1) is 5.92 Å². The minimum Gasteiger partial charge on any atom is -0.352 e. The standard InChI is InChI=1S/C21H32N4O2/c1-4-10-22-19(26)15-24-11-13-25(14-12-24)16-20(27)23-21(17(2)3)18-8-6-5-7-9-18/h4-9,17,21H,1,10-16H2,2-3H3,(H,22,26)(H,23,27). The number of benzene rings is 1. The van der Waals surface area contributed by atoms with Crippen LogP contribution in [-0.2, 0) is 9.59 Å². The molecular formula is C21H32N4O2. The Bertz CT molecular complexity index is 610. The lowest BCUT2D eigenvalue weighted by atomic mass is 9.96. The van der Waals surface area contributed by atoms with Crippen molar-refractivity contribution < 1.29 is 9.59 Å². The fourth-order valence-corrected chi connectivity index (χ4v) is 3.27. The van der Waals surface area contributed by atoms with E-state index in [1.165, 1.54) is 0 Å². The third-order valence-corrected chi connectivity index (χ3v) is 4.78. The number of rotatable bonds is 9. The molecule has 6 heteroatoms. The second-order valence-corrected chi connectivity index (χ2v) is 7.34. The summed E-state index contributed by atoms with van der Waals surface area (Å²) in [6.45, 7) is 12.3. The summed E-state index contributed by atoms with van der Waals surface area (Å²) in [7, 11) is 0. The van der Waals surface area contributed by atoms with Crippen molar-refractivity contribution in [3.63, 3.8) is 0 Å². The van der Waals surface area contributed by atoms with Gasteiger partial charge in [0, 0.05) is 32.7 Å². The average Bonchev–Trinajstić information content (AvgIpc) is 2.66. The topological polar surface area (TPSA) is 64.7 Å². The summed E-state index contributed by atoms with van der Waals surface area (Å²) in [6.07, 6.45) is 1.67. The summed E-state index contributed by atoms with van der Waals surface area (Å²) in [5.41, 5.74) is 1.14. The van der Waals surface area contributed by atoms with Crippen molar-refractivity contribution in [2.24, 2.45) is 5.92 Å². The summed E-state index contributed by atoms with van der Waals surface area (Å²) >= 11 is 0. The van der Waals surface area contributed by atoms with Gasteiger partial charge in [-0.2, -0.15) is 0 Å². The lowest BCUT2D eigenvalue weighted by molar-refractivity contribution is -0.125. The van der Waals surface area contributed by atoms with Crippen LogP contribution in [0.15, 0.2) is 43.0 Å². The zero-order valence-electron chi connectivity index (χ0n) is 16.5. The number of nitrogens with zero attached hydrogens (tertiary/aromatic N) is 2. The zero-order valence-corrected chi connectivity index (χ0v) is 16.5. The molecule has 6 nitrogen and oxygen atoms in total. The molecule has 2 amide bonds. The lowest BCUT2D eigenvalue weighted by Crippen LogP contribution is -2.51. The van der Waals surface area contributed by atoms with Crippen LogP contribution in [0.1, 0.15) is 25.5 Å². The van der Waals surface area contributed by atoms with Gasteiger partial charge in [-0.3, -0.25) is 19.4 Å². The molecule has 148 valence electrons. The monoisotopic (exact) mass is 372 g/mol. The highest BCUT2D eigenvalue weighted by Crippen LogP contribution is 2.21. The maximum absolute atomic E-state index is 12.5. The number of nitrogens with one attached hydrogen (secondary N) is 2. The summed E-state index contributed by atoms with van der Waals surface area (Å²) in [6, 6.07) is 10.1. The molecule has 2 rings (SSSR count). The first kappa shape index (κ1) is 21.1. The number of carbonyl (C=O) groups excluding carboxylic acids is 2. The van der Waals surface area contributed by atoms with Crippen LogP contribution in [0.2, 0.25) is 0 Å². The predicted molar refractivity (Wildman–Crippen MR) is 108 cm³/mol. The van der Waals surface area contributed by atoms with Crippen LogP contribution < -0.4 is 10.6 Å². The highest BCUT2D eigenvalue weighted by molar-refractivity contribution is 5.79. The van der Waals surface area contributed by atoms with E-state index < -0.39 is 0 Å². The molecule has 27 heavy (non-hydrogen) atoms. The van der Waals surface area contributed by atoms with Crippen LogP contribution >= 0.6 is 0 Å². The van der Waals surface area contributed by atoms with Gasteiger partial charge in [0.1, 0.15) is 0 Å². The first-order chi connectivity index (χ1) is 13.0. The molecule has 1 aromatic rings. The number of carbonyl (C=O) groups is 2. The summed E-state index contributed by atoms with van der Waals surface area (Å²) in [4.78, 5) is 28.6. The summed E-state index contributed by atoms with van der Waals surface area (Å²) in [5.74, 6) is 0.390. The predicted octanol–water partition coefficient (Wildman–Crippen LogP) is 1.42. The molecule has 0 radical (unpaired) electrons. The molecule has 1 aromatic carbocycles. The maximum Gasteiger partial charge on any atom is 0.234 e. The molecule has 1 unspecified atom stereocenters. The Kier molecular flexibility index (Phi) is 8.48. The number of hydrogen-bond acceptors (Lipinski definition) is 4. The van der Waals surface area contributed by atoms with E-state index in [1.807, 2.05) is 18.2 Å². The van der Waals surface area contributed by atoms with Crippen molar-refractivity contribution in [3.8, 4) is 0 Å². The second kappa shape index (κ2) is 10.8. The molecule has 0 aliphatic carbocycles. The number of piperazine rings is 1. The van der Waals surface area contributed by atoms with Gasteiger partial charge in [-0.05, 0) is 11.5 Å². The molecule has 1 saturated heterocycles. The Morgan fingerprint density at radius 3 is 2.11 bits per heavy atom. The third kappa shape index (κ3) is 7.15. The molecule has 0 saturated carbocycles. The first-order valence-electron chi connectivity index (χ1n) is 9.66. The molecule has 2 N–H and O–H groups in total. The summed E-state index contributed by atoms with van der Waals surface area (Å²) < 4.78 is 0. The Labute approximate surface area is 162 Å². The van der Waals surface area contributed by atoms with Gasteiger partial charge in [0.15, 0.2) is 0 Å². The van der Waals surface area contributed by atoms with Crippen molar-refractivity contribution in [1.82, 2.24) is 20.4 Å². The van der Waals surface area contributed by atoms with Gasteiger partial charge >= 0.3 is 0 Å². The highest BCUT2D eigenvalue weighted by atomic mass is 16.2. The van der Waals surface area contributed by atoms with E-state index in [9.17, 15) is 9.59 Å². The van der Waals surface area contributed by atoms with Crippen LogP contribution in [0.25, 0.3) is 0 Å². The van der Waals surface area contributed by atoms with Crippen molar-refractivity contribution >= 4 is 11.8 Å². The second-order valence-electron chi connectivity index (χ2n) is 7.34. The molecule has 0 bridgehead atoms. The fourth-order valence-electron chi connectivity index (χ4n) is 3.27. The van der Waals surface area contributed by atoms with Crippen LogP contribution in [0.3, 0.4) is 0 Å². The van der Waals surface area contributed by atoms with E-state index in [0.29, 0.717) is 25.6 Å². The van der Waals surface area contributed by atoms with Crippen molar-refractivity contribution in [2.75, 3.05) is 45.8 Å². The molecule has 0 spiro atoms. The van der Waals surface area contributed by atoms with E-state index in [-0.39, 0.29) is 17.9 Å². The van der Waals surface area contributed by atoms with Gasteiger partial charge in [-0.1, -0.05) is 50.3 Å². The summed E-state index contributed by atoms with van der Waals surface area (Å²) in [5, 5.41) is 5.97. The molecule has 1 atom stereocenters. The van der Waals surface area contributed by atoms with Gasteiger partial charge in [0.25, 0.3) is 0 Å². The van der Waals surface area contributed by atoms with E-state index in [2.05, 4.69) is 53.0 Å². The molecule has 1 aliphatic rings. The molecule has 1 heterocycles. The minimum absolute atomic E-state index is 0.0173. The lowest BCUT2D eigenvalue weighted by Gasteiger charge is -2.34. The van der Waals surface area contributed by atoms with Crippen molar-refractivity contribution in [1.29, 1.82) is 0 Å². The zero-order chi connectivity index (χ0) is 19.6. The molecule has 1 fully saturated rings. The maximum atomic E-state index is 12.5. The molecular weight excluding hydrogens is 340 g/mol. The minimum atomic E-state index is 0.0173. The largest absolute Gasteiger partial charge is 0.352 e. The quantitative estimate of drug-likeness (QED) is 0.644. The van der Waals surface area contributed by atoms with E-state index in [4.69, 9.17) is 0 Å². The number of amides is 2. The van der Waals surface area contributed by atoms with Gasteiger partial charge < -0.3 is 10.6 Å². The van der Waals surface area contributed by atoms with Gasteiger partial charge in [0.05, 0.1) is 19.1 Å².